The molecule has 0 amide bonds. The van der Waals surface area contributed by atoms with E-state index in [1.807, 2.05) is 41.1 Å². The Hall–Kier alpha value is -2.21. The minimum absolute atomic E-state index is 0.522. The van der Waals surface area contributed by atoms with Gasteiger partial charge in [-0.25, -0.2) is 9.67 Å². The van der Waals surface area contributed by atoms with Crippen LogP contribution in [-0.4, -0.2) is 20.0 Å². The summed E-state index contributed by atoms with van der Waals surface area (Å²) < 4.78 is 8.72. The standard InChI is InChI=1S/C17H15BrN4O/c1-10(2)9-22-14-7-6-11(8-13(14)20-21-22)17-19-16-12(18)4-3-5-15(16)23-17/h3-8,10H,9H2,1-2H3. The molecule has 0 N–H and O–H groups in total. The van der Waals surface area contributed by atoms with Crippen molar-refractivity contribution in [1.82, 2.24) is 20.0 Å². The summed E-state index contributed by atoms with van der Waals surface area (Å²) in [5.41, 5.74) is 4.37. The Morgan fingerprint density at radius 1 is 1.22 bits per heavy atom. The quantitative estimate of drug-likeness (QED) is 0.526. The van der Waals surface area contributed by atoms with Crippen LogP contribution in [0, 0.1) is 5.92 Å². The van der Waals surface area contributed by atoms with Crippen molar-refractivity contribution in [2.45, 2.75) is 20.4 Å². The number of hydrogen-bond donors (Lipinski definition) is 0. The lowest BCUT2D eigenvalue weighted by Gasteiger charge is -2.04. The topological polar surface area (TPSA) is 56.7 Å². The summed E-state index contributed by atoms with van der Waals surface area (Å²) in [5, 5.41) is 8.50. The highest BCUT2D eigenvalue weighted by atomic mass is 79.9. The molecule has 6 heteroatoms. The third-order valence-electron chi connectivity index (χ3n) is 3.67. The van der Waals surface area contributed by atoms with Crippen molar-refractivity contribution in [3.05, 3.63) is 40.9 Å². The highest BCUT2D eigenvalue weighted by molar-refractivity contribution is 9.10. The second-order valence-electron chi connectivity index (χ2n) is 5.97. The lowest BCUT2D eigenvalue weighted by atomic mass is 10.2. The Labute approximate surface area is 141 Å². The Balaban J connectivity index is 1.80. The predicted molar refractivity (Wildman–Crippen MR) is 93.1 cm³/mol. The first-order valence-corrected chi connectivity index (χ1v) is 8.30. The zero-order valence-corrected chi connectivity index (χ0v) is 14.4. The van der Waals surface area contributed by atoms with Crippen molar-refractivity contribution >= 4 is 38.1 Å². The summed E-state index contributed by atoms with van der Waals surface area (Å²) in [6, 6.07) is 11.8. The zero-order chi connectivity index (χ0) is 16.0. The number of hydrogen-bond acceptors (Lipinski definition) is 4. The van der Waals surface area contributed by atoms with Gasteiger partial charge in [0, 0.05) is 16.6 Å². The molecule has 0 saturated heterocycles. The molecule has 0 aliphatic rings. The van der Waals surface area contributed by atoms with E-state index in [2.05, 4.69) is 45.1 Å². The zero-order valence-electron chi connectivity index (χ0n) is 12.8. The van der Waals surface area contributed by atoms with Crippen LogP contribution in [-0.2, 0) is 6.54 Å². The Morgan fingerprint density at radius 2 is 2.09 bits per heavy atom. The fraction of sp³-hybridized carbons (Fsp3) is 0.235. The molecule has 0 saturated carbocycles. The minimum Gasteiger partial charge on any atom is -0.436 e. The first kappa shape index (κ1) is 14.4. The summed E-state index contributed by atoms with van der Waals surface area (Å²) in [6.07, 6.45) is 0. The highest BCUT2D eigenvalue weighted by Gasteiger charge is 2.13. The molecular formula is C17H15BrN4O. The van der Waals surface area contributed by atoms with E-state index >= 15 is 0 Å². The van der Waals surface area contributed by atoms with Gasteiger partial charge in [-0.15, -0.1) is 5.10 Å². The molecule has 0 spiro atoms. The first-order valence-electron chi connectivity index (χ1n) is 7.50. The van der Waals surface area contributed by atoms with E-state index in [0.717, 1.165) is 38.7 Å². The van der Waals surface area contributed by atoms with Crippen molar-refractivity contribution in [3.63, 3.8) is 0 Å². The van der Waals surface area contributed by atoms with E-state index in [1.165, 1.54) is 0 Å². The lowest BCUT2D eigenvalue weighted by molar-refractivity contribution is 0.483. The van der Waals surface area contributed by atoms with Crippen LogP contribution in [0.4, 0.5) is 0 Å². The number of fused-ring (bicyclic) bond motifs is 2. The Bertz CT molecular complexity index is 1000. The molecule has 2 heterocycles. The average Bonchev–Trinajstić information content (AvgIpc) is 3.12. The normalized spacial score (nSPS) is 11.8. The molecule has 116 valence electrons. The van der Waals surface area contributed by atoms with Crippen LogP contribution in [0.5, 0.6) is 0 Å². The maximum absolute atomic E-state index is 5.86. The SMILES string of the molecule is CC(C)Cn1nnc2cc(-c3nc4c(Br)cccc4o3)ccc21. The van der Waals surface area contributed by atoms with Gasteiger partial charge in [0.1, 0.15) is 11.0 Å². The van der Waals surface area contributed by atoms with Crippen LogP contribution in [0.2, 0.25) is 0 Å². The highest BCUT2D eigenvalue weighted by Crippen LogP contribution is 2.30. The number of para-hydroxylation sites is 1. The molecule has 0 aliphatic heterocycles. The van der Waals surface area contributed by atoms with Crippen LogP contribution in [0.1, 0.15) is 13.8 Å². The van der Waals surface area contributed by atoms with Crippen molar-refractivity contribution in [2.24, 2.45) is 5.92 Å². The molecule has 2 aromatic heterocycles. The number of rotatable bonds is 3. The maximum atomic E-state index is 5.86. The molecule has 0 aliphatic carbocycles. The second kappa shape index (κ2) is 5.45. The van der Waals surface area contributed by atoms with Crippen LogP contribution in [0.25, 0.3) is 33.6 Å². The molecule has 0 atom stereocenters. The number of oxazole rings is 1. The van der Waals surface area contributed by atoms with Crippen LogP contribution in [0.3, 0.4) is 0 Å². The molecule has 2 aromatic carbocycles. The van der Waals surface area contributed by atoms with Crippen molar-refractivity contribution in [2.75, 3.05) is 0 Å². The molecular weight excluding hydrogens is 356 g/mol. The molecule has 0 fully saturated rings. The maximum Gasteiger partial charge on any atom is 0.227 e. The van der Waals surface area contributed by atoms with Gasteiger partial charge < -0.3 is 4.42 Å². The van der Waals surface area contributed by atoms with Crippen molar-refractivity contribution in [3.8, 4) is 11.5 Å². The largest absolute Gasteiger partial charge is 0.436 e. The van der Waals surface area contributed by atoms with E-state index in [-0.39, 0.29) is 0 Å². The number of aromatic nitrogens is 4. The fourth-order valence-electron chi connectivity index (χ4n) is 2.62. The van der Waals surface area contributed by atoms with Gasteiger partial charge in [-0.05, 0) is 52.2 Å². The molecule has 4 rings (SSSR count). The number of nitrogens with zero attached hydrogens (tertiary/aromatic N) is 4. The van der Waals surface area contributed by atoms with Crippen LogP contribution in [0.15, 0.2) is 45.3 Å². The van der Waals surface area contributed by atoms with E-state index in [1.54, 1.807) is 0 Å². The Kier molecular flexibility index (Phi) is 3.41. The Morgan fingerprint density at radius 3 is 2.87 bits per heavy atom. The molecule has 0 radical (unpaired) electrons. The lowest BCUT2D eigenvalue weighted by Crippen LogP contribution is -2.05. The van der Waals surface area contributed by atoms with Gasteiger partial charge in [-0.3, -0.25) is 0 Å². The molecule has 4 aromatic rings. The summed E-state index contributed by atoms with van der Waals surface area (Å²) in [7, 11) is 0. The molecule has 0 unspecified atom stereocenters. The fourth-order valence-corrected chi connectivity index (χ4v) is 3.06. The van der Waals surface area contributed by atoms with E-state index in [9.17, 15) is 0 Å². The third-order valence-corrected chi connectivity index (χ3v) is 4.31. The molecule has 5 nitrogen and oxygen atoms in total. The van der Waals surface area contributed by atoms with Crippen molar-refractivity contribution < 1.29 is 4.42 Å². The van der Waals surface area contributed by atoms with Gasteiger partial charge in [0.05, 0.1) is 5.52 Å². The third kappa shape index (κ3) is 2.53. The van der Waals surface area contributed by atoms with Gasteiger partial charge in [-0.1, -0.05) is 25.1 Å². The first-order chi connectivity index (χ1) is 11.1. The minimum atomic E-state index is 0.522. The summed E-state index contributed by atoms with van der Waals surface area (Å²) in [5.74, 6) is 1.11. The smallest absolute Gasteiger partial charge is 0.227 e. The van der Waals surface area contributed by atoms with Crippen molar-refractivity contribution in [1.29, 1.82) is 0 Å². The molecule has 23 heavy (non-hydrogen) atoms. The van der Waals surface area contributed by atoms with Gasteiger partial charge in [-0.2, -0.15) is 0 Å². The summed E-state index contributed by atoms with van der Waals surface area (Å²) in [6.45, 7) is 5.18. The van der Waals surface area contributed by atoms with Gasteiger partial charge >= 0.3 is 0 Å². The van der Waals surface area contributed by atoms with Crippen LogP contribution >= 0.6 is 15.9 Å². The number of halogens is 1. The predicted octanol–water partition coefficient (Wildman–Crippen LogP) is 4.66. The van der Waals surface area contributed by atoms with E-state index in [4.69, 9.17) is 4.42 Å². The summed E-state index contributed by atoms with van der Waals surface area (Å²) >= 11 is 3.50. The van der Waals surface area contributed by atoms with Gasteiger partial charge in [0.2, 0.25) is 5.89 Å². The van der Waals surface area contributed by atoms with E-state index < -0.39 is 0 Å². The van der Waals surface area contributed by atoms with E-state index in [0.29, 0.717) is 11.8 Å². The second-order valence-corrected chi connectivity index (χ2v) is 6.83. The monoisotopic (exact) mass is 370 g/mol. The van der Waals surface area contributed by atoms with Gasteiger partial charge in [0.25, 0.3) is 0 Å². The van der Waals surface area contributed by atoms with Gasteiger partial charge in [0.15, 0.2) is 5.58 Å². The van der Waals surface area contributed by atoms with Crippen LogP contribution < -0.4 is 0 Å². The number of benzene rings is 2. The molecule has 0 bridgehead atoms. The summed E-state index contributed by atoms with van der Waals surface area (Å²) in [4.78, 5) is 4.58. The average molecular weight is 371 g/mol.